The molecule has 1 atom stereocenters. The van der Waals surface area contributed by atoms with E-state index in [4.69, 9.17) is 5.73 Å². The number of primary amides is 1. The maximum atomic E-state index is 11.5. The number of pyridine rings is 1. The standard InChI is InChI=1S/C13H19N3O2/c14-13(18)11(12-3-1-2-6-15-12)9-16-7-4-10(17)5-8-16/h1-3,6,10-11,17H,4-5,7-9H2,(H2,14,18). The van der Waals surface area contributed by atoms with E-state index in [1.807, 2.05) is 18.2 Å². The zero-order chi connectivity index (χ0) is 13.0. The molecule has 2 heterocycles. The lowest BCUT2D eigenvalue weighted by molar-refractivity contribution is -0.120. The normalized spacial score (nSPS) is 19.6. The lowest BCUT2D eigenvalue weighted by atomic mass is 10.0. The lowest BCUT2D eigenvalue weighted by Gasteiger charge is -2.31. The first-order chi connectivity index (χ1) is 8.66. The summed E-state index contributed by atoms with van der Waals surface area (Å²) in [6.07, 6.45) is 2.98. The van der Waals surface area contributed by atoms with Crippen molar-refractivity contribution in [1.29, 1.82) is 0 Å². The van der Waals surface area contributed by atoms with E-state index in [9.17, 15) is 9.90 Å². The highest BCUT2D eigenvalue weighted by molar-refractivity contribution is 5.81. The number of nitrogens with two attached hydrogens (primary N) is 1. The van der Waals surface area contributed by atoms with Crippen molar-refractivity contribution >= 4 is 5.91 Å². The highest BCUT2D eigenvalue weighted by atomic mass is 16.3. The molecule has 0 radical (unpaired) electrons. The van der Waals surface area contributed by atoms with Gasteiger partial charge in [0.2, 0.25) is 5.91 Å². The molecule has 18 heavy (non-hydrogen) atoms. The Kier molecular flexibility index (Phi) is 4.28. The van der Waals surface area contributed by atoms with Crippen LogP contribution in [0.15, 0.2) is 24.4 Å². The van der Waals surface area contributed by atoms with E-state index in [0.29, 0.717) is 6.54 Å². The van der Waals surface area contributed by atoms with Crippen molar-refractivity contribution in [3.8, 4) is 0 Å². The maximum Gasteiger partial charge on any atom is 0.227 e. The Morgan fingerprint density at radius 2 is 2.22 bits per heavy atom. The van der Waals surface area contributed by atoms with Crippen LogP contribution in [0.2, 0.25) is 0 Å². The van der Waals surface area contributed by atoms with E-state index < -0.39 is 0 Å². The van der Waals surface area contributed by atoms with Crippen LogP contribution in [0.1, 0.15) is 24.5 Å². The second-order valence-corrected chi connectivity index (χ2v) is 4.74. The van der Waals surface area contributed by atoms with Crippen LogP contribution < -0.4 is 5.73 Å². The SMILES string of the molecule is NC(=O)C(CN1CCC(O)CC1)c1ccccn1. The third-order valence-electron chi connectivity index (χ3n) is 3.39. The quantitative estimate of drug-likeness (QED) is 0.793. The van der Waals surface area contributed by atoms with Gasteiger partial charge in [0.15, 0.2) is 0 Å². The molecule has 1 fully saturated rings. The monoisotopic (exact) mass is 249 g/mol. The molecule has 5 heteroatoms. The molecule has 1 aromatic heterocycles. The van der Waals surface area contributed by atoms with Crippen LogP contribution in [0.3, 0.4) is 0 Å². The summed E-state index contributed by atoms with van der Waals surface area (Å²) >= 11 is 0. The van der Waals surface area contributed by atoms with E-state index in [1.165, 1.54) is 0 Å². The van der Waals surface area contributed by atoms with Crippen molar-refractivity contribution in [1.82, 2.24) is 9.88 Å². The van der Waals surface area contributed by atoms with Gasteiger partial charge >= 0.3 is 0 Å². The molecule has 0 saturated carbocycles. The van der Waals surface area contributed by atoms with Crippen LogP contribution in [0.25, 0.3) is 0 Å². The van der Waals surface area contributed by atoms with Crippen LogP contribution in [0.5, 0.6) is 0 Å². The van der Waals surface area contributed by atoms with Crippen molar-refractivity contribution in [2.75, 3.05) is 19.6 Å². The number of aliphatic hydroxyl groups excluding tert-OH is 1. The topological polar surface area (TPSA) is 79.5 Å². The highest BCUT2D eigenvalue weighted by Crippen LogP contribution is 2.17. The van der Waals surface area contributed by atoms with Crippen molar-refractivity contribution in [3.63, 3.8) is 0 Å². The summed E-state index contributed by atoms with van der Waals surface area (Å²) in [5.41, 5.74) is 6.18. The van der Waals surface area contributed by atoms with Crippen molar-refractivity contribution < 1.29 is 9.90 Å². The van der Waals surface area contributed by atoms with Gasteiger partial charge in [-0.1, -0.05) is 6.07 Å². The molecule has 5 nitrogen and oxygen atoms in total. The zero-order valence-corrected chi connectivity index (χ0v) is 10.3. The molecule has 98 valence electrons. The number of aromatic nitrogens is 1. The molecule has 1 unspecified atom stereocenters. The van der Waals surface area contributed by atoms with E-state index >= 15 is 0 Å². The Bertz CT molecular complexity index is 388. The zero-order valence-electron chi connectivity index (χ0n) is 10.3. The number of hydrogen-bond donors (Lipinski definition) is 2. The van der Waals surface area contributed by atoms with Gasteiger partial charge in [-0.05, 0) is 25.0 Å². The molecule has 1 aromatic rings. The summed E-state index contributed by atoms with van der Waals surface area (Å²) in [5.74, 6) is -0.721. The summed E-state index contributed by atoms with van der Waals surface area (Å²) in [6.45, 7) is 2.19. The third-order valence-corrected chi connectivity index (χ3v) is 3.39. The van der Waals surface area contributed by atoms with E-state index in [0.717, 1.165) is 31.6 Å². The fourth-order valence-electron chi connectivity index (χ4n) is 2.27. The number of carbonyl (C=O) groups excluding carboxylic acids is 1. The number of rotatable bonds is 4. The van der Waals surface area contributed by atoms with Crippen LogP contribution in [-0.2, 0) is 4.79 Å². The number of hydrogen-bond acceptors (Lipinski definition) is 4. The summed E-state index contributed by atoms with van der Waals surface area (Å²) in [5, 5.41) is 9.46. The smallest absolute Gasteiger partial charge is 0.227 e. The van der Waals surface area contributed by atoms with E-state index in [2.05, 4.69) is 9.88 Å². The van der Waals surface area contributed by atoms with Gasteiger partial charge in [0.05, 0.1) is 17.7 Å². The van der Waals surface area contributed by atoms with Crippen molar-refractivity contribution in [2.24, 2.45) is 5.73 Å². The Hall–Kier alpha value is -1.46. The molecule has 0 aliphatic carbocycles. The minimum atomic E-state index is -0.374. The van der Waals surface area contributed by atoms with Gasteiger partial charge in [0.1, 0.15) is 0 Å². The molecular weight excluding hydrogens is 230 g/mol. The molecule has 1 aliphatic rings. The third kappa shape index (κ3) is 3.27. The minimum Gasteiger partial charge on any atom is -0.393 e. The number of likely N-dealkylation sites (tertiary alicyclic amines) is 1. The Balaban J connectivity index is 2.01. The van der Waals surface area contributed by atoms with Crippen LogP contribution in [-0.4, -0.2) is 46.6 Å². The molecule has 3 N–H and O–H groups in total. The van der Waals surface area contributed by atoms with Crippen LogP contribution >= 0.6 is 0 Å². The van der Waals surface area contributed by atoms with Crippen molar-refractivity contribution in [3.05, 3.63) is 30.1 Å². The summed E-state index contributed by atoms with van der Waals surface area (Å²) in [4.78, 5) is 17.9. The van der Waals surface area contributed by atoms with Gasteiger partial charge in [0, 0.05) is 25.8 Å². The fourth-order valence-corrected chi connectivity index (χ4v) is 2.27. The fraction of sp³-hybridized carbons (Fsp3) is 0.538. The molecule has 1 saturated heterocycles. The molecule has 1 aliphatic heterocycles. The summed E-state index contributed by atoms with van der Waals surface area (Å²) < 4.78 is 0. The van der Waals surface area contributed by atoms with Gasteiger partial charge in [-0.25, -0.2) is 0 Å². The second kappa shape index (κ2) is 5.93. The molecule has 0 bridgehead atoms. The van der Waals surface area contributed by atoms with Crippen molar-refractivity contribution in [2.45, 2.75) is 24.9 Å². The Morgan fingerprint density at radius 3 is 2.78 bits per heavy atom. The highest BCUT2D eigenvalue weighted by Gasteiger charge is 2.25. The van der Waals surface area contributed by atoms with Crippen LogP contribution in [0.4, 0.5) is 0 Å². The van der Waals surface area contributed by atoms with Gasteiger partial charge in [0.25, 0.3) is 0 Å². The summed E-state index contributed by atoms with van der Waals surface area (Å²) in [7, 11) is 0. The molecule has 1 amide bonds. The number of amides is 1. The van der Waals surface area contributed by atoms with Gasteiger partial charge in [-0.2, -0.15) is 0 Å². The molecule has 0 aromatic carbocycles. The molecular formula is C13H19N3O2. The predicted molar refractivity (Wildman–Crippen MR) is 67.9 cm³/mol. The number of nitrogens with zero attached hydrogens (tertiary/aromatic N) is 2. The number of carbonyl (C=O) groups is 1. The summed E-state index contributed by atoms with van der Waals surface area (Å²) in [6, 6.07) is 5.51. The Morgan fingerprint density at radius 1 is 1.50 bits per heavy atom. The van der Waals surface area contributed by atoms with Gasteiger partial charge in [-0.3, -0.25) is 9.78 Å². The lowest BCUT2D eigenvalue weighted by Crippen LogP contribution is -2.41. The number of aliphatic hydroxyl groups is 1. The molecule has 2 rings (SSSR count). The first-order valence-corrected chi connectivity index (χ1v) is 6.27. The largest absolute Gasteiger partial charge is 0.393 e. The van der Waals surface area contributed by atoms with E-state index in [-0.39, 0.29) is 17.9 Å². The molecule has 0 spiro atoms. The van der Waals surface area contributed by atoms with E-state index in [1.54, 1.807) is 6.20 Å². The van der Waals surface area contributed by atoms with Gasteiger partial charge in [-0.15, -0.1) is 0 Å². The van der Waals surface area contributed by atoms with Crippen LogP contribution in [0, 0.1) is 0 Å². The maximum absolute atomic E-state index is 11.5. The Labute approximate surface area is 107 Å². The first kappa shape index (κ1) is 13.0. The predicted octanol–water partition coefficient (Wildman–Crippen LogP) is 0.107. The average molecular weight is 249 g/mol. The number of piperidine rings is 1. The average Bonchev–Trinajstić information content (AvgIpc) is 2.38. The van der Waals surface area contributed by atoms with Gasteiger partial charge < -0.3 is 15.7 Å². The second-order valence-electron chi connectivity index (χ2n) is 4.74. The first-order valence-electron chi connectivity index (χ1n) is 6.27. The minimum absolute atomic E-state index is 0.205.